The van der Waals surface area contributed by atoms with Crippen LogP contribution in [-0.2, 0) is 0 Å². The number of hydrogen-bond donors (Lipinski definition) is 4. The third-order valence-electron chi connectivity index (χ3n) is 3.70. The monoisotopic (exact) mass is 320 g/mol. The van der Waals surface area contributed by atoms with E-state index in [1.54, 1.807) is 54.6 Å². The van der Waals surface area contributed by atoms with Gasteiger partial charge in [-0.15, -0.1) is 0 Å². The Hall–Kier alpha value is -3.40. The third kappa shape index (κ3) is 3.03. The zero-order valence-electron chi connectivity index (χ0n) is 12.7. The molecule has 24 heavy (non-hydrogen) atoms. The fourth-order valence-corrected chi connectivity index (χ4v) is 2.55. The average Bonchev–Trinajstić information content (AvgIpc) is 2.57. The van der Waals surface area contributed by atoms with Crippen LogP contribution in [0, 0.1) is 0 Å². The summed E-state index contributed by atoms with van der Waals surface area (Å²) < 4.78 is 0. The Labute approximate surface area is 138 Å². The van der Waals surface area contributed by atoms with Crippen LogP contribution in [0.25, 0.3) is 21.5 Å². The zero-order valence-corrected chi connectivity index (χ0v) is 12.7. The molecule has 0 atom stereocenters. The van der Waals surface area contributed by atoms with E-state index in [4.69, 9.17) is 5.11 Å². The van der Waals surface area contributed by atoms with Crippen molar-refractivity contribution in [3.8, 4) is 23.0 Å². The number of fused-ring (bicyclic) bond motifs is 2. The van der Waals surface area contributed by atoms with Crippen molar-refractivity contribution in [1.82, 2.24) is 0 Å². The van der Waals surface area contributed by atoms with E-state index < -0.39 is 0 Å². The molecule has 4 N–H and O–H groups in total. The number of aromatic hydroxyl groups is 4. The highest BCUT2D eigenvalue weighted by molar-refractivity contribution is 5.93. The molecule has 4 aromatic rings. The molecule has 0 saturated carbocycles. The van der Waals surface area contributed by atoms with Crippen molar-refractivity contribution in [1.29, 1.82) is 0 Å². The Bertz CT molecular complexity index is 972. The Morgan fingerprint density at radius 3 is 1.62 bits per heavy atom. The van der Waals surface area contributed by atoms with E-state index in [9.17, 15) is 15.3 Å². The summed E-state index contributed by atoms with van der Waals surface area (Å²) in [5.74, 6) is 0.601. The minimum absolute atomic E-state index is 0.116. The summed E-state index contributed by atoms with van der Waals surface area (Å²) in [7, 11) is 0. The fourth-order valence-electron chi connectivity index (χ4n) is 2.55. The van der Waals surface area contributed by atoms with Crippen molar-refractivity contribution in [2.75, 3.05) is 0 Å². The summed E-state index contributed by atoms with van der Waals surface area (Å²) in [5, 5.41) is 40.3. The first-order chi connectivity index (χ1) is 11.6. The number of rotatable bonds is 0. The van der Waals surface area contributed by atoms with Crippen LogP contribution in [0.4, 0.5) is 0 Å². The number of benzene rings is 4. The van der Waals surface area contributed by atoms with Crippen molar-refractivity contribution >= 4 is 21.5 Å². The molecule has 0 radical (unpaired) electrons. The van der Waals surface area contributed by atoms with E-state index >= 15 is 0 Å². The van der Waals surface area contributed by atoms with Gasteiger partial charge in [0.15, 0.2) is 0 Å². The second-order valence-electron chi connectivity index (χ2n) is 5.33. The Morgan fingerprint density at radius 2 is 1.04 bits per heavy atom. The molecule has 4 nitrogen and oxygen atoms in total. The lowest BCUT2D eigenvalue weighted by molar-refractivity contribution is 0.464. The molecule has 0 aliphatic heterocycles. The topological polar surface area (TPSA) is 80.9 Å². The zero-order chi connectivity index (χ0) is 17.1. The molecule has 0 unspecified atom stereocenters. The van der Waals surface area contributed by atoms with E-state index in [2.05, 4.69) is 0 Å². The van der Waals surface area contributed by atoms with E-state index in [1.165, 1.54) is 0 Å². The molecule has 0 saturated heterocycles. The van der Waals surface area contributed by atoms with Gasteiger partial charge in [0.2, 0.25) is 0 Å². The van der Waals surface area contributed by atoms with Gasteiger partial charge in [0, 0.05) is 5.39 Å². The predicted octanol–water partition coefficient (Wildman–Crippen LogP) is 4.50. The smallest absolute Gasteiger partial charge is 0.127 e. The first-order valence-electron chi connectivity index (χ1n) is 7.36. The van der Waals surface area contributed by atoms with Gasteiger partial charge in [-0.05, 0) is 41.1 Å². The normalized spacial score (nSPS) is 10.3. The standard InChI is InChI=1S/2C10H8O2/c11-8-5-1-3-7-4-2-6-9(12)10(7)8;11-8-5-4-7-2-1-3-10(12)9(7)6-8/h2*1-6,11-12H. The highest BCUT2D eigenvalue weighted by atomic mass is 16.3. The van der Waals surface area contributed by atoms with Gasteiger partial charge < -0.3 is 20.4 Å². The highest BCUT2D eigenvalue weighted by Gasteiger charge is 2.02. The maximum atomic E-state index is 9.39. The molecule has 0 aliphatic carbocycles. The summed E-state index contributed by atoms with van der Waals surface area (Å²) in [6.45, 7) is 0. The Morgan fingerprint density at radius 1 is 0.500 bits per heavy atom. The van der Waals surface area contributed by atoms with E-state index in [-0.39, 0.29) is 23.0 Å². The van der Waals surface area contributed by atoms with Crippen LogP contribution in [0.2, 0.25) is 0 Å². The van der Waals surface area contributed by atoms with E-state index in [1.807, 2.05) is 18.2 Å². The lowest BCUT2D eigenvalue weighted by Crippen LogP contribution is -1.73. The minimum Gasteiger partial charge on any atom is -0.508 e. The number of phenols is 4. The first kappa shape index (κ1) is 15.5. The van der Waals surface area contributed by atoms with Crippen molar-refractivity contribution in [3.05, 3.63) is 72.8 Å². The van der Waals surface area contributed by atoms with Crippen LogP contribution < -0.4 is 0 Å². The molecule has 4 heteroatoms. The van der Waals surface area contributed by atoms with Crippen molar-refractivity contribution in [2.45, 2.75) is 0 Å². The average molecular weight is 320 g/mol. The lowest BCUT2D eigenvalue weighted by atomic mass is 10.1. The van der Waals surface area contributed by atoms with Gasteiger partial charge in [0.1, 0.15) is 23.0 Å². The van der Waals surface area contributed by atoms with Gasteiger partial charge in [0.05, 0.1) is 5.39 Å². The molecule has 4 rings (SSSR count). The molecule has 0 bridgehead atoms. The van der Waals surface area contributed by atoms with Crippen LogP contribution in [0.1, 0.15) is 0 Å². The van der Waals surface area contributed by atoms with Crippen LogP contribution in [0.3, 0.4) is 0 Å². The molecule has 0 aromatic heterocycles. The summed E-state index contributed by atoms with van der Waals surface area (Å²) >= 11 is 0. The minimum atomic E-state index is 0.116. The van der Waals surface area contributed by atoms with Crippen molar-refractivity contribution in [3.63, 3.8) is 0 Å². The second-order valence-corrected chi connectivity index (χ2v) is 5.33. The SMILES string of the molecule is Oc1ccc2cccc(O)c2c1.Oc1cccc2cccc(O)c12. The largest absolute Gasteiger partial charge is 0.508 e. The molecule has 120 valence electrons. The van der Waals surface area contributed by atoms with Crippen LogP contribution in [0.5, 0.6) is 23.0 Å². The summed E-state index contributed by atoms with van der Waals surface area (Å²) in [6, 6.07) is 20.5. The molecule has 0 aliphatic rings. The van der Waals surface area contributed by atoms with Crippen LogP contribution in [0.15, 0.2) is 72.8 Å². The maximum absolute atomic E-state index is 9.39. The number of hydrogen-bond acceptors (Lipinski definition) is 4. The van der Waals surface area contributed by atoms with Gasteiger partial charge in [-0.3, -0.25) is 0 Å². The fraction of sp³-hybridized carbons (Fsp3) is 0. The van der Waals surface area contributed by atoms with Crippen LogP contribution >= 0.6 is 0 Å². The van der Waals surface area contributed by atoms with Crippen molar-refractivity contribution in [2.24, 2.45) is 0 Å². The first-order valence-corrected chi connectivity index (χ1v) is 7.36. The molecule has 0 spiro atoms. The van der Waals surface area contributed by atoms with Gasteiger partial charge in [-0.1, -0.05) is 42.5 Å². The van der Waals surface area contributed by atoms with E-state index in [0.717, 1.165) is 10.8 Å². The molecular formula is C20H16O4. The molecule has 4 aromatic carbocycles. The molecule has 0 heterocycles. The van der Waals surface area contributed by atoms with Gasteiger partial charge in [-0.25, -0.2) is 0 Å². The van der Waals surface area contributed by atoms with E-state index in [0.29, 0.717) is 10.8 Å². The Kier molecular flexibility index (Phi) is 4.12. The molecular weight excluding hydrogens is 304 g/mol. The third-order valence-corrected chi connectivity index (χ3v) is 3.70. The molecule has 0 fully saturated rings. The molecule has 0 amide bonds. The lowest BCUT2D eigenvalue weighted by Gasteiger charge is -2.01. The Balaban J connectivity index is 0.000000141. The summed E-state index contributed by atoms with van der Waals surface area (Å²) in [5.41, 5.74) is 0. The predicted molar refractivity (Wildman–Crippen MR) is 94.6 cm³/mol. The van der Waals surface area contributed by atoms with Crippen LogP contribution in [-0.4, -0.2) is 20.4 Å². The van der Waals surface area contributed by atoms with Gasteiger partial charge in [0.25, 0.3) is 0 Å². The van der Waals surface area contributed by atoms with Gasteiger partial charge in [-0.2, -0.15) is 0 Å². The van der Waals surface area contributed by atoms with Gasteiger partial charge >= 0.3 is 0 Å². The van der Waals surface area contributed by atoms with Crippen molar-refractivity contribution < 1.29 is 20.4 Å². The highest BCUT2D eigenvalue weighted by Crippen LogP contribution is 2.31. The summed E-state index contributed by atoms with van der Waals surface area (Å²) in [4.78, 5) is 0. The number of phenolic OH excluding ortho intramolecular Hbond substituents is 4. The second kappa shape index (κ2) is 6.38. The maximum Gasteiger partial charge on any atom is 0.127 e. The summed E-state index contributed by atoms with van der Waals surface area (Å²) in [6.07, 6.45) is 0. The quantitative estimate of drug-likeness (QED) is 0.384.